The van der Waals surface area contributed by atoms with E-state index in [2.05, 4.69) is 75.9 Å². The van der Waals surface area contributed by atoms with E-state index in [0.29, 0.717) is 0 Å². The molecule has 0 aliphatic heterocycles. The average molecular weight is 290 g/mol. The number of allylic oxidation sites excluding steroid dienone is 3. The second-order valence-electron chi connectivity index (χ2n) is 5.96. The smallest absolute Gasteiger partial charge is 0.00256 e. The van der Waals surface area contributed by atoms with Crippen LogP contribution in [0.15, 0.2) is 61.2 Å². The van der Waals surface area contributed by atoms with Crippen molar-refractivity contribution in [2.45, 2.75) is 40.0 Å². The number of hydrogen-bond acceptors (Lipinski definition) is 0. The Balaban J connectivity index is 2.23. The predicted octanol–water partition coefficient (Wildman–Crippen LogP) is 5.74. The highest BCUT2D eigenvalue weighted by molar-refractivity contribution is 5.38. The lowest BCUT2D eigenvalue weighted by molar-refractivity contribution is 1.11. The van der Waals surface area contributed by atoms with Crippen LogP contribution >= 0.6 is 0 Å². The van der Waals surface area contributed by atoms with Crippen LogP contribution in [0.1, 0.15) is 40.3 Å². The van der Waals surface area contributed by atoms with Gasteiger partial charge in [0.1, 0.15) is 0 Å². The molecule has 0 aliphatic rings. The fraction of sp³-hybridized carbons (Fsp3) is 0.273. The van der Waals surface area contributed by atoms with Gasteiger partial charge in [-0.2, -0.15) is 0 Å². The van der Waals surface area contributed by atoms with Crippen molar-refractivity contribution < 1.29 is 0 Å². The van der Waals surface area contributed by atoms with Gasteiger partial charge in [0.15, 0.2) is 0 Å². The lowest BCUT2D eigenvalue weighted by Crippen LogP contribution is -1.95. The van der Waals surface area contributed by atoms with Crippen molar-refractivity contribution >= 4 is 0 Å². The second kappa shape index (κ2) is 7.79. The molecule has 0 N–H and O–H groups in total. The molecule has 2 aromatic carbocycles. The fourth-order valence-corrected chi connectivity index (χ4v) is 2.75. The Kier molecular flexibility index (Phi) is 5.77. The van der Waals surface area contributed by atoms with Gasteiger partial charge in [0.25, 0.3) is 0 Å². The highest BCUT2D eigenvalue weighted by Crippen LogP contribution is 2.18. The van der Waals surface area contributed by atoms with Crippen LogP contribution in [-0.2, 0) is 19.3 Å². The van der Waals surface area contributed by atoms with Gasteiger partial charge in [-0.25, -0.2) is 0 Å². The van der Waals surface area contributed by atoms with E-state index in [-0.39, 0.29) is 0 Å². The molecule has 0 radical (unpaired) electrons. The van der Waals surface area contributed by atoms with Crippen molar-refractivity contribution in [2.24, 2.45) is 0 Å². The van der Waals surface area contributed by atoms with Crippen LogP contribution < -0.4 is 0 Å². The third-order valence-electron chi connectivity index (χ3n) is 4.17. The van der Waals surface area contributed by atoms with Gasteiger partial charge in [-0.05, 0) is 73.4 Å². The summed E-state index contributed by atoms with van der Waals surface area (Å²) in [6.07, 6.45) is 9.28. The molecule has 22 heavy (non-hydrogen) atoms. The van der Waals surface area contributed by atoms with E-state index in [1.807, 2.05) is 6.08 Å². The Morgan fingerprint density at radius 3 is 1.91 bits per heavy atom. The Labute approximate surface area is 135 Å². The molecule has 0 bridgehead atoms. The topological polar surface area (TPSA) is 0 Å². The minimum atomic E-state index is 0.945. The van der Waals surface area contributed by atoms with E-state index in [4.69, 9.17) is 0 Å². The zero-order valence-electron chi connectivity index (χ0n) is 14.0. The molecule has 0 aliphatic carbocycles. The number of rotatable bonds is 6. The third kappa shape index (κ3) is 4.21. The molecule has 0 heteroatoms. The van der Waals surface area contributed by atoms with Gasteiger partial charge < -0.3 is 0 Å². The van der Waals surface area contributed by atoms with Gasteiger partial charge in [0.2, 0.25) is 0 Å². The SMILES string of the molecule is C=CCc1cc(Cc2ccc(C)c(C/C=C/C)c2)ccc1C. The minimum absolute atomic E-state index is 0.945. The first kappa shape index (κ1) is 16.3. The van der Waals surface area contributed by atoms with Crippen molar-refractivity contribution in [3.8, 4) is 0 Å². The van der Waals surface area contributed by atoms with Crippen LogP contribution in [-0.4, -0.2) is 0 Å². The van der Waals surface area contributed by atoms with Gasteiger partial charge in [-0.3, -0.25) is 0 Å². The molecule has 2 rings (SSSR count). The van der Waals surface area contributed by atoms with E-state index in [9.17, 15) is 0 Å². The molecule has 2 aromatic rings. The zero-order chi connectivity index (χ0) is 15.9. The summed E-state index contributed by atoms with van der Waals surface area (Å²) in [5.74, 6) is 0. The number of aryl methyl sites for hydroxylation is 2. The van der Waals surface area contributed by atoms with Crippen LogP contribution in [0, 0.1) is 13.8 Å². The van der Waals surface area contributed by atoms with Crippen molar-refractivity contribution in [1.82, 2.24) is 0 Å². The van der Waals surface area contributed by atoms with Crippen molar-refractivity contribution in [3.63, 3.8) is 0 Å². The molecule has 0 heterocycles. The van der Waals surface area contributed by atoms with Crippen LogP contribution in [0.4, 0.5) is 0 Å². The van der Waals surface area contributed by atoms with E-state index in [1.54, 1.807) is 0 Å². The van der Waals surface area contributed by atoms with Crippen LogP contribution in [0.3, 0.4) is 0 Å². The maximum Gasteiger partial charge on any atom is -0.00256 e. The summed E-state index contributed by atoms with van der Waals surface area (Å²) in [6, 6.07) is 13.6. The average Bonchev–Trinajstić information content (AvgIpc) is 2.51. The molecule has 0 saturated heterocycles. The first-order valence-corrected chi connectivity index (χ1v) is 8.03. The van der Waals surface area contributed by atoms with Crippen molar-refractivity contribution in [3.05, 3.63) is 94.6 Å². The Morgan fingerprint density at radius 1 is 0.864 bits per heavy atom. The summed E-state index contributed by atoms with van der Waals surface area (Å²) in [5.41, 5.74) is 8.30. The molecule has 0 saturated carbocycles. The summed E-state index contributed by atoms with van der Waals surface area (Å²) < 4.78 is 0. The normalized spacial score (nSPS) is 11.0. The third-order valence-corrected chi connectivity index (χ3v) is 4.17. The molecule has 0 spiro atoms. The van der Waals surface area contributed by atoms with E-state index in [1.165, 1.54) is 33.4 Å². The molecular formula is C22H26. The summed E-state index contributed by atoms with van der Waals surface area (Å²) in [7, 11) is 0. The highest BCUT2D eigenvalue weighted by Gasteiger charge is 2.03. The Bertz CT molecular complexity index is 674. The largest absolute Gasteiger partial charge is 0.103 e. The summed E-state index contributed by atoms with van der Waals surface area (Å²) in [6.45, 7) is 10.3. The maximum absolute atomic E-state index is 3.85. The molecule has 0 amide bonds. The van der Waals surface area contributed by atoms with Gasteiger partial charge in [-0.15, -0.1) is 6.58 Å². The standard InChI is InChI=1S/C22H26/c1-5-7-9-22-16-20(13-11-18(22)4)14-19-12-10-17(3)21(15-19)8-6-2/h5-7,10-13,15-16H,2,8-9,14H2,1,3-4H3/b7-5+. The lowest BCUT2D eigenvalue weighted by Gasteiger charge is -2.10. The minimum Gasteiger partial charge on any atom is -0.103 e. The number of benzene rings is 2. The highest BCUT2D eigenvalue weighted by atomic mass is 14.1. The summed E-state index contributed by atoms with van der Waals surface area (Å²) in [4.78, 5) is 0. The first-order chi connectivity index (χ1) is 10.6. The molecule has 0 unspecified atom stereocenters. The predicted molar refractivity (Wildman–Crippen MR) is 97.6 cm³/mol. The molecule has 0 nitrogen and oxygen atoms in total. The van der Waals surface area contributed by atoms with Crippen LogP contribution in [0.2, 0.25) is 0 Å². The van der Waals surface area contributed by atoms with Gasteiger partial charge >= 0.3 is 0 Å². The van der Waals surface area contributed by atoms with Crippen molar-refractivity contribution in [1.29, 1.82) is 0 Å². The molecular weight excluding hydrogens is 264 g/mol. The van der Waals surface area contributed by atoms with Crippen LogP contribution in [0.5, 0.6) is 0 Å². The Hall–Kier alpha value is -2.08. The zero-order valence-corrected chi connectivity index (χ0v) is 14.0. The van der Waals surface area contributed by atoms with Gasteiger partial charge in [0.05, 0.1) is 0 Å². The van der Waals surface area contributed by atoms with E-state index >= 15 is 0 Å². The van der Waals surface area contributed by atoms with E-state index < -0.39 is 0 Å². The number of hydrogen-bond donors (Lipinski definition) is 0. The Morgan fingerprint density at radius 2 is 1.41 bits per heavy atom. The molecule has 0 fully saturated rings. The summed E-state index contributed by atoms with van der Waals surface area (Å²) >= 11 is 0. The van der Waals surface area contributed by atoms with Gasteiger partial charge in [0, 0.05) is 0 Å². The molecule has 0 aromatic heterocycles. The van der Waals surface area contributed by atoms with Crippen molar-refractivity contribution in [2.75, 3.05) is 0 Å². The second-order valence-corrected chi connectivity index (χ2v) is 5.96. The molecule has 0 atom stereocenters. The maximum atomic E-state index is 3.85. The van der Waals surface area contributed by atoms with Gasteiger partial charge in [-0.1, -0.05) is 54.6 Å². The summed E-state index contributed by atoms with van der Waals surface area (Å²) in [5, 5.41) is 0. The fourth-order valence-electron chi connectivity index (χ4n) is 2.75. The molecule has 114 valence electrons. The van der Waals surface area contributed by atoms with E-state index in [0.717, 1.165) is 19.3 Å². The lowest BCUT2D eigenvalue weighted by atomic mass is 9.95. The first-order valence-electron chi connectivity index (χ1n) is 8.03. The monoisotopic (exact) mass is 290 g/mol. The quantitative estimate of drug-likeness (QED) is 0.595. The van der Waals surface area contributed by atoms with Crippen LogP contribution in [0.25, 0.3) is 0 Å².